The van der Waals surface area contributed by atoms with Gasteiger partial charge in [-0.2, -0.15) is 0 Å². The first kappa shape index (κ1) is 7.40. The van der Waals surface area contributed by atoms with Gasteiger partial charge in [-0.1, -0.05) is 18.7 Å². The Morgan fingerprint density at radius 2 is 2.50 bits per heavy atom. The van der Waals surface area contributed by atoms with Gasteiger partial charge in [-0.05, 0) is 10.7 Å². The third-order valence-corrected chi connectivity index (χ3v) is 1.99. The molecule has 0 aromatic carbocycles. The van der Waals surface area contributed by atoms with E-state index in [4.69, 9.17) is 0 Å². The topological polar surface area (TPSA) is 53.0 Å². The van der Waals surface area contributed by atoms with Gasteiger partial charge in [0.1, 0.15) is 0 Å². The fourth-order valence-corrected chi connectivity index (χ4v) is 1.19. The second-order valence-electron chi connectivity index (χ2n) is 1.75. The molecule has 4 nitrogen and oxygen atoms in total. The molecule has 0 N–H and O–H groups in total. The molecule has 0 fully saturated rings. The molecule has 56 valence electrons. The van der Waals surface area contributed by atoms with E-state index in [2.05, 4.69) is 9.79 Å². The summed E-state index contributed by atoms with van der Waals surface area (Å²) in [5.74, 6) is 0.896. The van der Waals surface area contributed by atoms with Crippen molar-refractivity contribution in [1.29, 1.82) is 0 Å². The highest BCUT2D eigenvalue weighted by atomic mass is 32.2. The van der Waals surface area contributed by atoms with Crippen LogP contribution in [0.1, 0.15) is 12.6 Å². The lowest BCUT2D eigenvalue weighted by Crippen LogP contribution is -2.25. The lowest BCUT2D eigenvalue weighted by atomic mass is 10.6. The first-order valence-electron chi connectivity index (χ1n) is 2.94. The average molecular weight is 160 g/mol. The van der Waals surface area contributed by atoms with E-state index < -0.39 is 0 Å². The van der Waals surface area contributed by atoms with Crippen LogP contribution < -0.4 is 4.90 Å². The van der Waals surface area contributed by atoms with Crippen molar-refractivity contribution in [3.8, 4) is 0 Å². The second kappa shape index (κ2) is 2.92. The lowest BCUT2D eigenvalue weighted by molar-refractivity contribution is -0.807. The van der Waals surface area contributed by atoms with Crippen LogP contribution in [0.5, 0.6) is 0 Å². The molecule has 0 bridgehead atoms. The van der Waals surface area contributed by atoms with Crippen molar-refractivity contribution < 1.29 is 9.53 Å². The Balaban J connectivity index is 2.83. The fourth-order valence-electron chi connectivity index (χ4n) is 0.547. The largest absolute Gasteiger partial charge is 0.359 e. The van der Waals surface area contributed by atoms with Gasteiger partial charge in [0.2, 0.25) is 5.69 Å². The normalized spacial score (nSPS) is 10.2. The van der Waals surface area contributed by atoms with Gasteiger partial charge in [-0.15, -0.1) is 0 Å². The third kappa shape index (κ3) is 1.23. The molecule has 0 saturated carbocycles. The highest BCUT2D eigenvalue weighted by Crippen LogP contribution is 2.15. The molecule has 0 atom stereocenters. The molecule has 0 saturated heterocycles. The summed E-state index contributed by atoms with van der Waals surface area (Å²) >= 11 is 1.50. The number of rotatable bonds is 2. The van der Waals surface area contributed by atoms with Crippen molar-refractivity contribution in [2.75, 3.05) is 5.75 Å². The smallest absolute Gasteiger partial charge is 0.277 e. The minimum atomic E-state index is 0.415. The molecule has 5 heteroatoms. The molecule has 0 amide bonds. The molecule has 0 unspecified atom stereocenters. The monoisotopic (exact) mass is 160 g/mol. The van der Waals surface area contributed by atoms with Crippen molar-refractivity contribution in [3.05, 3.63) is 10.9 Å². The van der Waals surface area contributed by atoms with Crippen LogP contribution in [0, 0.1) is 12.1 Å². The quantitative estimate of drug-likeness (QED) is 0.472. The molecule has 0 aliphatic carbocycles. The molecule has 0 radical (unpaired) electrons. The summed E-state index contributed by atoms with van der Waals surface area (Å²) in [6.07, 6.45) is 0. The molecule has 10 heavy (non-hydrogen) atoms. The Morgan fingerprint density at radius 3 is 2.90 bits per heavy atom. The lowest BCUT2D eigenvalue weighted by Gasteiger charge is -1.85. The molecular weight excluding hydrogens is 152 g/mol. The average Bonchev–Trinajstić information content (AvgIpc) is 2.20. The van der Waals surface area contributed by atoms with E-state index in [0.717, 1.165) is 5.75 Å². The molecule has 1 aromatic rings. The van der Waals surface area contributed by atoms with Crippen LogP contribution in [0.2, 0.25) is 0 Å². The Hall–Kier alpha value is -0.710. The Labute approximate surface area is 62.7 Å². The summed E-state index contributed by atoms with van der Waals surface area (Å²) in [5.41, 5.74) is 0.534. The van der Waals surface area contributed by atoms with E-state index in [1.165, 1.54) is 11.8 Å². The molecule has 0 aliphatic rings. The number of nitrogens with zero attached hydrogens (tertiary/aromatic N) is 2. The highest BCUT2D eigenvalue weighted by molar-refractivity contribution is 7.99. The Kier molecular flexibility index (Phi) is 2.16. The predicted octanol–water partition coefficient (Wildman–Crippen LogP) is 0.728. The van der Waals surface area contributed by atoms with E-state index >= 15 is 0 Å². The van der Waals surface area contributed by atoms with E-state index in [9.17, 15) is 5.21 Å². The van der Waals surface area contributed by atoms with Gasteiger partial charge in [0, 0.05) is 6.92 Å². The molecular formula is C5H8N2O2S. The zero-order valence-corrected chi connectivity index (χ0v) is 6.64. The maximum atomic E-state index is 10.6. The van der Waals surface area contributed by atoms with E-state index in [-0.39, 0.29) is 0 Å². The summed E-state index contributed by atoms with van der Waals surface area (Å²) in [4.78, 5) is 0.415. The van der Waals surface area contributed by atoms with E-state index in [1.54, 1.807) is 6.92 Å². The van der Waals surface area contributed by atoms with Gasteiger partial charge in [-0.25, -0.2) is 0 Å². The number of aromatic nitrogens is 2. The molecule has 1 heterocycles. The van der Waals surface area contributed by atoms with Crippen LogP contribution in [0.25, 0.3) is 0 Å². The minimum absolute atomic E-state index is 0.415. The van der Waals surface area contributed by atoms with Gasteiger partial charge >= 0.3 is 0 Å². The summed E-state index contributed by atoms with van der Waals surface area (Å²) < 4.78 is 4.34. The molecule has 1 rings (SSSR count). The zero-order valence-electron chi connectivity index (χ0n) is 5.83. The van der Waals surface area contributed by atoms with Crippen molar-refractivity contribution >= 4 is 11.8 Å². The van der Waals surface area contributed by atoms with Crippen LogP contribution in [-0.4, -0.2) is 10.9 Å². The van der Waals surface area contributed by atoms with Gasteiger partial charge < -0.3 is 5.21 Å². The summed E-state index contributed by atoms with van der Waals surface area (Å²) in [6.45, 7) is 3.68. The van der Waals surface area contributed by atoms with Gasteiger partial charge in [0.05, 0.1) is 5.16 Å². The minimum Gasteiger partial charge on any atom is -0.359 e. The van der Waals surface area contributed by atoms with Crippen molar-refractivity contribution in [3.63, 3.8) is 0 Å². The SMILES string of the molecule is CCSc1no[n+]([O-])c1C. The third-order valence-electron chi connectivity index (χ3n) is 1.06. The number of thioether (sulfide) groups is 1. The van der Waals surface area contributed by atoms with Crippen LogP contribution in [0.4, 0.5) is 0 Å². The molecule has 0 spiro atoms. The van der Waals surface area contributed by atoms with Crippen LogP contribution >= 0.6 is 11.8 Å². The summed E-state index contributed by atoms with van der Waals surface area (Å²) in [5, 5.41) is 14.8. The fraction of sp³-hybridized carbons (Fsp3) is 0.600. The highest BCUT2D eigenvalue weighted by Gasteiger charge is 2.12. The maximum absolute atomic E-state index is 10.6. The maximum Gasteiger partial charge on any atom is 0.277 e. The van der Waals surface area contributed by atoms with Crippen molar-refractivity contribution in [1.82, 2.24) is 5.16 Å². The first-order chi connectivity index (χ1) is 4.75. The Morgan fingerprint density at radius 1 is 1.80 bits per heavy atom. The van der Waals surface area contributed by atoms with Gasteiger partial charge in [0.25, 0.3) is 5.03 Å². The first-order valence-corrected chi connectivity index (χ1v) is 3.93. The number of hydrogen-bond acceptors (Lipinski definition) is 4. The standard InChI is InChI=1S/C5H8N2O2S/c1-3-10-5-4(2)7(8)9-6-5/h3H2,1-2H3. The molecule has 1 aromatic heterocycles. The predicted molar refractivity (Wildman–Crippen MR) is 36.6 cm³/mol. The van der Waals surface area contributed by atoms with Crippen LogP contribution in [0.3, 0.4) is 0 Å². The summed E-state index contributed by atoms with van der Waals surface area (Å²) in [7, 11) is 0. The van der Waals surface area contributed by atoms with Crippen LogP contribution in [-0.2, 0) is 0 Å². The van der Waals surface area contributed by atoms with Crippen LogP contribution in [0.15, 0.2) is 9.65 Å². The van der Waals surface area contributed by atoms with Gasteiger partial charge in [-0.3, -0.25) is 4.63 Å². The zero-order chi connectivity index (χ0) is 7.56. The second-order valence-corrected chi connectivity index (χ2v) is 3.01. The van der Waals surface area contributed by atoms with Crippen molar-refractivity contribution in [2.45, 2.75) is 18.9 Å². The number of hydrogen-bond donors (Lipinski definition) is 0. The Bertz CT molecular complexity index is 223. The van der Waals surface area contributed by atoms with Gasteiger partial charge in [0.15, 0.2) is 0 Å². The van der Waals surface area contributed by atoms with Crippen molar-refractivity contribution in [2.24, 2.45) is 0 Å². The summed E-state index contributed by atoms with van der Waals surface area (Å²) in [6, 6.07) is 0. The van der Waals surface area contributed by atoms with E-state index in [1.807, 2.05) is 6.92 Å². The van der Waals surface area contributed by atoms with E-state index in [0.29, 0.717) is 15.6 Å². The molecule has 0 aliphatic heterocycles.